The van der Waals surface area contributed by atoms with Gasteiger partial charge in [0, 0.05) is 6.42 Å². The van der Waals surface area contributed by atoms with Gasteiger partial charge in [-0.1, -0.05) is 198 Å². The van der Waals surface area contributed by atoms with Crippen LogP contribution >= 0.6 is 7.82 Å². The van der Waals surface area contributed by atoms with Crippen LogP contribution in [-0.4, -0.2) is 70.0 Å². The van der Waals surface area contributed by atoms with Gasteiger partial charge in [-0.3, -0.25) is 14.2 Å². The number of allylic oxidation sites excluding steroid dienone is 25. The van der Waals surface area contributed by atoms with E-state index in [-0.39, 0.29) is 26.1 Å². The summed E-state index contributed by atoms with van der Waals surface area (Å²) in [6, 6.07) is 0. The van der Waals surface area contributed by atoms with Crippen LogP contribution in [0.15, 0.2) is 158 Å². The number of phosphoric ester groups is 1. The van der Waals surface area contributed by atoms with Crippen molar-refractivity contribution in [3.63, 3.8) is 0 Å². The summed E-state index contributed by atoms with van der Waals surface area (Å²) in [5.74, 6) is -1.02. The maximum absolute atomic E-state index is 12.7. The molecule has 2 atom stereocenters. The number of esters is 2. The van der Waals surface area contributed by atoms with Crippen molar-refractivity contribution in [1.82, 2.24) is 0 Å². The number of rotatable bonds is 45. The second kappa shape index (κ2) is 49.6. The number of likely N-dealkylation sites (N-methyl/N-ethyl adjacent to an activating group) is 1. The van der Waals surface area contributed by atoms with Crippen molar-refractivity contribution in [1.29, 1.82) is 0 Å². The van der Waals surface area contributed by atoms with E-state index in [1.807, 2.05) is 33.3 Å². The number of carbonyl (C=O) groups excluding carboxylic acids is 2. The normalized spacial score (nSPS) is 14.7. The van der Waals surface area contributed by atoms with E-state index in [1.54, 1.807) is 6.08 Å². The molecule has 10 heteroatoms. The second-order valence-corrected chi connectivity index (χ2v) is 19.2. The summed E-state index contributed by atoms with van der Waals surface area (Å²) >= 11 is 0. The predicted octanol–water partition coefficient (Wildman–Crippen LogP) is 15.5. The first-order valence-corrected chi connectivity index (χ1v) is 27.7. The van der Waals surface area contributed by atoms with Gasteiger partial charge in [0.1, 0.15) is 19.8 Å². The number of hydrogen-bond donors (Lipinski definition) is 0. The lowest BCUT2D eigenvalue weighted by Gasteiger charge is -2.28. The number of hydrogen-bond acceptors (Lipinski definition) is 8. The Balaban J connectivity index is 4.35. The lowest BCUT2D eigenvalue weighted by molar-refractivity contribution is -0.870. The largest absolute Gasteiger partial charge is 0.756 e. The van der Waals surface area contributed by atoms with Gasteiger partial charge in [-0.2, -0.15) is 0 Å². The number of phosphoric acid groups is 1. The summed E-state index contributed by atoms with van der Waals surface area (Å²) in [7, 11) is 1.08. The average Bonchev–Trinajstić information content (AvgIpc) is 3.32. The molecule has 0 rings (SSSR count). The van der Waals surface area contributed by atoms with Gasteiger partial charge in [0.05, 0.1) is 34.2 Å². The van der Waals surface area contributed by atoms with Gasteiger partial charge in [0.25, 0.3) is 7.82 Å². The Bertz CT molecular complexity index is 1730. The molecule has 0 fully saturated rings. The molecule has 0 saturated carbocycles. The molecular formula is C60H94NO8P. The maximum Gasteiger partial charge on any atom is 0.309 e. The van der Waals surface area contributed by atoms with Gasteiger partial charge in [-0.25, -0.2) is 0 Å². The summed E-state index contributed by atoms with van der Waals surface area (Å²) in [5.41, 5.74) is 0. The van der Waals surface area contributed by atoms with Crippen LogP contribution in [-0.2, 0) is 32.7 Å². The molecule has 0 aromatic heterocycles. The Kier molecular flexibility index (Phi) is 46.5. The van der Waals surface area contributed by atoms with Crippen LogP contribution in [0.3, 0.4) is 0 Å². The van der Waals surface area contributed by atoms with Crippen LogP contribution in [0.2, 0.25) is 0 Å². The molecule has 0 radical (unpaired) electrons. The first kappa shape index (κ1) is 65.6. The number of carbonyl (C=O) groups is 2. The smallest absolute Gasteiger partial charge is 0.309 e. The molecule has 0 bridgehead atoms. The fourth-order valence-electron chi connectivity index (χ4n) is 6.09. The molecule has 0 N–H and O–H groups in total. The van der Waals surface area contributed by atoms with Crippen LogP contribution in [0.25, 0.3) is 0 Å². The first-order chi connectivity index (χ1) is 34.0. The highest BCUT2D eigenvalue weighted by atomic mass is 31.2. The van der Waals surface area contributed by atoms with Crippen molar-refractivity contribution >= 4 is 19.8 Å². The van der Waals surface area contributed by atoms with E-state index >= 15 is 0 Å². The molecule has 2 unspecified atom stereocenters. The molecule has 0 aliphatic rings. The molecule has 0 aliphatic carbocycles. The minimum absolute atomic E-state index is 0.0310. The van der Waals surface area contributed by atoms with Crippen LogP contribution in [0, 0.1) is 0 Å². The summed E-state index contributed by atoms with van der Waals surface area (Å²) in [4.78, 5) is 37.6. The van der Waals surface area contributed by atoms with Crippen LogP contribution in [0.5, 0.6) is 0 Å². The van der Waals surface area contributed by atoms with E-state index in [1.165, 1.54) is 0 Å². The monoisotopic (exact) mass is 988 g/mol. The summed E-state index contributed by atoms with van der Waals surface area (Å²) in [6.07, 6.45) is 74.6. The van der Waals surface area contributed by atoms with Gasteiger partial charge >= 0.3 is 11.9 Å². The number of nitrogens with zero attached hydrogens (tertiary/aromatic N) is 1. The highest BCUT2D eigenvalue weighted by Crippen LogP contribution is 2.38. The molecule has 0 aromatic carbocycles. The minimum Gasteiger partial charge on any atom is -0.756 e. The zero-order valence-corrected chi connectivity index (χ0v) is 45.0. The molecule has 0 aliphatic heterocycles. The van der Waals surface area contributed by atoms with Crippen molar-refractivity contribution in [3.8, 4) is 0 Å². The Morgan fingerprint density at radius 3 is 1.21 bits per heavy atom. The zero-order chi connectivity index (χ0) is 51.3. The van der Waals surface area contributed by atoms with E-state index in [0.717, 1.165) is 116 Å². The third-order valence-corrected chi connectivity index (χ3v) is 11.0. The number of ether oxygens (including phenoxy) is 2. The molecular weight excluding hydrogens is 894 g/mol. The van der Waals surface area contributed by atoms with Gasteiger partial charge < -0.3 is 27.9 Å². The number of unbranched alkanes of at least 4 members (excludes halogenated alkanes) is 6. The van der Waals surface area contributed by atoms with E-state index < -0.39 is 32.5 Å². The Morgan fingerprint density at radius 1 is 0.457 bits per heavy atom. The van der Waals surface area contributed by atoms with Gasteiger partial charge in [-0.15, -0.1) is 0 Å². The van der Waals surface area contributed by atoms with Crippen LogP contribution < -0.4 is 4.89 Å². The van der Waals surface area contributed by atoms with E-state index in [4.69, 9.17) is 18.5 Å². The van der Waals surface area contributed by atoms with E-state index in [0.29, 0.717) is 23.9 Å². The van der Waals surface area contributed by atoms with Gasteiger partial charge in [-0.05, 0) is 103 Å². The quantitative estimate of drug-likeness (QED) is 0.0195. The Hall–Kier alpha value is -4.37. The van der Waals surface area contributed by atoms with Gasteiger partial charge in [0.15, 0.2) is 6.10 Å². The zero-order valence-electron chi connectivity index (χ0n) is 44.1. The Morgan fingerprint density at radius 2 is 0.814 bits per heavy atom. The molecule has 0 heterocycles. The molecule has 9 nitrogen and oxygen atoms in total. The summed E-state index contributed by atoms with van der Waals surface area (Å²) in [6.45, 7) is 3.83. The third kappa shape index (κ3) is 53.0. The first-order valence-electron chi connectivity index (χ1n) is 26.2. The molecule has 0 aromatic rings. The van der Waals surface area contributed by atoms with Crippen molar-refractivity contribution in [3.05, 3.63) is 158 Å². The lowest BCUT2D eigenvalue weighted by atomic mass is 10.1. The standard InChI is InChI=1S/C60H94NO8P/c1-6-8-10-12-14-16-18-20-22-23-24-25-26-27-28-29-30-31-32-33-34-35-36-37-39-41-43-45-47-49-51-53-60(63)69-58(57-68-70(64,65)67-55-54-61(3,4)5)56-66-59(62)52-50-48-46-44-42-40-38-21-19-17-15-13-11-9-7-2/h8-11,14-17,20-22,24-25,27-28,30-31,33-34,36-38,42,44,48,50,58H,6-7,12-13,18-19,23,26,29,32,35,39-41,43,45-47,49,51-57H2,1-5H3/b10-8-,11-9-,16-14-,17-15-,22-20-,25-24-,28-27-,31-30-,34-33-,37-36-,38-21-,44-42-,50-48-. The highest BCUT2D eigenvalue weighted by Gasteiger charge is 2.21. The highest BCUT2D eigenvalue weighted by molar-refractivity contribution is 7.45. The van der Waals surface area contributed by atoms with Crippen LogP contribution in [0.1, 0.15) is 155 Å². The minimum atomic E-state index is -4.67. The fraction of sp³-hybridized carbons (Fsp3) is 0.533. The van der Waals surface area contributed by atoms with Crippen molar-refractivity contribution in [2.75, 3.05) is 47.5 Å². The van der Waals surface area contributed by atoms with Crippen molar-refractivity contribution in [2.45, 2.75) is 161 Å². The van der Waals surface area contributed by atoms with Crippen molar-refractivity contribution in [2.24, 2.45) is 0 Å². The molecule has 0 amide bonds. The molecule has 0 saturated heterocycles. The van der Waals surface area contributed by atoms with Crippen LogP contribution in [0.4, 0.5) is 0 Å². The molecule has 0 spiro atoms. The third-order valence-electron chi connectivity index (χ3n) is 10.1. The summed E-state index contributed by atoms with van der Waals surface area (Å²) < 4.78 is 33.9. The topological polar surface area (TPSA) is 111 Å². The van der Waals surface area contributed by atoms with Crippen molar-refractivity contribution < 1.29 is 42.1 Å². The van der Waals surface area contributed by atoms with E-state index in [2.05, 4.69) is 154 Å². The van der Waals surface area contributed by atoms with Gasteiger partial charge in [0.2, 0.25) is 0 Å². The maximum atomic E-state index is 12.7. The molecule has 392 valence electrons. The average molecular weight is 988 g/mol. The predicted molar refractivity (Wildman–Crippen MR) is 295 cm³/mol. The Labute approximate surface area is 426 Å². The fourth-order valence-corrected chi connectivity index (χ4v) is 6.82. The lowest BCUT2D eigenvalue weighted by Crippen LogP contribution is -2.37. The number of quaternary nitrogens is 1. The molecule has 70 heavy (non-hydrogen) atoms. The summed E-state index contributed by atoms with van der Waals surface area (Å²) in [5, 5.41) is 0. The SMILES string of the molecule is CC/C=C\C/C=C\C/C=C\C/C=C\C/C=C\C/C=C\C/C=C\C/C=C\CCCCCCCCC(=O)OC(COC(=O)C/C=C\C/C=C\C/C=C\C/C=C\C/C=C\CC)COP(=O)([O-])OCC[N+](C)(C)C. The van der Waals surface area contributed by atoms with E-state index in [9.17, 15) is 19.0 Å². The second-order valence-electron chi connectivity index (χ2n) is 17.8.